The predicted octanol–water partition coefficient (Wildman–Crippen LogP) is 4.12. The second-order valence-corrected chi connectivity index (χ2v) is 11.4. The smallest absolute Gasteiger partial charge is 0.265 e. The molecule has 0 spiro atoms. The van der Waals surface area contributed by atoms with Gasteiger partial charge in [0.15, 0.2) is 9.84 Å². The van der Waals surface area contributed by atoms with Gasteiger partial charge in [0.1, 0.15) is 33.6 Å². The molecular formula is C26H29NO9S2. The van der Waals surface area contributed by atoms with Crippen molar-refractivity contribution in [1.29, 1.82) is 0 Å². The topological polar surface area (TPSA) is 126 Å². The molecule has 12 heteroatoms. The average Bonchev–Trinajstić information content (AvgIpc) is 2.91. The summed E-state index contributed by atoms with van der Waals surface area (Å²) in [4.78, 5) is -0.203. The van der Waals surface area contributed by atoms with Gasteiger partial charge < -0.3 is 23.7 Å². The second kappa shape index (κ2) is 12.1. The van der Waals surface area contributed by atoms with Crippen molar-refractivity contribution in [2.24, 2.45) is 0 Å². The van der Waals surface area contributed by atoms with Crippen LogP contribution in [0.2, 0.25) is 0 Å². The van der Waals surface area contributed by atoms with Gasteiger partial charge in [-0.1, -0.05) is 6.07 Å². The average molecular weight is 564 g/mol. The van der Waals surface area contributed by atoms with E-state index < -0.39 is 25.6 Å². The first-order valence-corrected chi connectivity index (χ1v) is 14.3. The fourth-order valence-corrected chi connectivity index (χ4v) is 5.90. The molecule has 0 bridgehead atoms. The lowest BCUT2D eigenvalue weighted by atomic mass is 10.1. The van der Waals surface area contributed by atoms with Gasteiger partial charge in [0.2, 0.25) is 0 Å². The monoisotopic (exact) mass is 563 g/mol. The van der Waals surface area contributed by atoms with Crippen LogP contribution in [0, 0.1) is 0 Å². The molecule has 0 saturated heterocycles. The lowest BCUT2D eigenvalue weighted by Crippen LogP contribution is -2.15. The summed E-state index contributed by atoms with van der Waals surface area (Å²) in [5.41, 5.74) is 0.955. The summed E-state index contributed by atoms with van der Waals surface area (Å²) in [6.45, 7) is 0. The number of sulfonamides is 1. The van der Waals surface area contributed by atoms with Gasteiger partial charge in [0.25, 0.3) is 10.0 Å². The molecule has 0 heterocycles. The van der Waals surface area contributed by atoms with E-state index in [1.807, 2.05) is 0 Å². The maximum atomic E-state index is 13.1. The molecule has 10 nitrogen and oxygen atoms in total. The molecule has 0 saturated carbocycles. The van der Waals surface area contributed by atoms with Crippen molar-refractivity contribution < 1.29 is 40.5 Å². The number of ether oxygens (including phenoxy) is 5. The number of methoxy groups -OCH3 is 5. The van der Waals surface area contributed by atoms with Crippen LogP contribution in [0.25, 0.3) is 6.08 Å². The second-order valence-electron chi connectivity index (χ2n) is 7.87. The van der Waals surface area contributed by atoms with E-state index in [-0.39, 0.29) is 16.2 Å². The van der Waals surface area contributed by atoms with Crippen molar-refractivity contribution in [3.8, 4) is 28.7 Å². The third-order valence-corrected chi connectivity index (χ3v) is 8.11. The minimum atomic E-state index is -4.11. The van der Waals surface area contributed by atoms with E-state index in [9.17, 15) is 16.8 Å². The van der Waals surface area contributed by atoms with Gasteiger partial charge in [0.05, 0.1) is 46.9 Å². The largest absolute Gasteiger partial charge is 0.497 e. The third kappa shape index (κ3) is 6.90. The fraction of sp³-hybridized carbons (Fsp3) is 0.231. The quantitative estimate of drug-likeness (QED) is 0.346. The molecule has 1 N–H and O–H groups in total. The number of rotatable bonds is 12. The van der Waals surface area contributed by atoms with Gasteiger partial charge in [-0.05, 0) is 48.0 Å². The zero-order chi connectivity index (χ0) is 27.9. The van der Waals surface area contributed by atoms with Crippen LogP contribution < -0.4 is 28.4 Å². The molecule has 0 atom stereocenters. The number of sulfone groups is 1. The Bertz CT molecular complexity index is 1490. The molecule has 3 rings (SSSR count). The zero-order valence-corrected chi connectivity index (χ0v) is 23.2. The van der Waals surface area contributed by atoms with Crippen LogP contribution >= 0.6 is 0 Å². The Hall–Kier alpha value is -3.90. The third-order valence-electron chi connectivity index (χ3n) is 5.42. The lowest BCUT2D eigenvalue weighted by Gasteiger charge is -2.14. The summed E-state index contributed by atoms with van der Waals surface area (Å²) in [6.07, 6.45) is 1.36. The number of hydrogen-bond acceptors (Lipinski definition) is 9. The Kier molecular flexibility index (Phi) is 9.13. The Morgan fingerprint density at radius 1 is 0.684 bits per heavy atom. The van der Waals surface area contributed by atoms with Gasteiger partial charge in [-0.3, -0.25) is 4.72 Å². The molecule has 3 aromatic rings. The molecule has 3 aromatic carbocycles. The van der Waals surface area contributed by atoms with Gasteiger partial charge in [-0.2, -0.15) is 0 Å². The molecular weight excluding hydrogens is 534 g/mol. The Balaban J connectivity index is 1.90. The maximum absolute atomic E-state index is 13.1. The molecule has 0 fully saturated rings. The summed E-state index contributed by atoms with van der Waals surface area (Å²) in [5.74, 6) is 1.37. The standard InChI is InChI=1S/C26H29NO9S2/c1-32-20-9-7-19(8-10-20)27-38(30,31)26-14-18(6-11-23(26)34-3)17-37(28,29)13-12-22-24(35-4)15-21(33-2)16-25(22)36-5/h6-16,27H,17H2,1-5H3/b13-12+. The highest BCUT2D eigenvalue weighted by Crippen LogP contribution is 2.35. The molecule has 0 radical (unpaired) electrons. The van der Waals surface area contributed by atoms with Crippen molar-refractivity contribution in [3.05, 3.63) is 71.1 Å². The zero-order valence-electron chi connectivity index (χ0n) is 21.5. The highest BCUT2D eigenvalue weighted by molar-refractivity contribution is 7.93. The summed E-state index contributed by atoms with van der Waals surface area (Å²) in [7, 11) is -0.737. The van der Waals surface area contributed by atoms with Crippen LogP contribution in [-0.4, -0.2) is 52.4 Å². The van der Waals surface area contributed by atoms with E-state index in [4.69, 9.17) is 23.7 Å². The number of nitrogens with one attached hydrogen (secondary N) is 1. The van der Waals surface area contributed by atoms with E-state index >= 15 is 0 Å². The van der Waals surface area contributed by atoms with Crippen molar-refractivity contribution in [1.82, 2.24) is 0 Å². The Labute approximate surface area is 222 Å². The molecule has 0 amide bonds. The molecule has 204 valence electrons. The van der Waals surface area contributed by atoms with Crippen molar-refractivity contribution in [2.45, 2.75) is 10.6 Å². The van der Waals surface area contributed by atoms with Crippen molar-refractivity contribution in [2.75, 3.05) is 40.3 Å². The predicted molar refractivity (Wildman–Crippen MR) is 145 cm³/mol. The summed E-state index contributed by atoms with van der Waals surface area (Å²) in [6, 6.07) is 13.7. The van der Waals surface area contributed by atoms with Crippen molar-refractivity contribution in [3.63, 3.8) is 0 Å². The molecule has 0 aromatic heterocycles. The Morgan fingerprint density at radius 2 is 1.26 bits per heavy atom. The summed E-state index contributed by atoms with van der Waals surface area (Å²) < 4.78 is 80.9. The molecule has 38 heavy (non-hydrogen) atoms. The first-order chi connectivity index (χ1) is 18.0. The maximum Gasteiger partial charge on any atom is 0.265 e. The highest BCUT2D eigenvalue weighted by atomic mass is 32.2. The SMILES string of the molecule is COc1ccc(NS(=O)(=O)c2cc(CS(=O)(=O)/C=C/c3c(OC)cc(OC)cc3OC)ccc2OC)cc1. The number of benzene rings is 3. The first-order valence-electron chi connectivity index (χ1n) is 11.1. The van der Waals surface area contributed by atoms with E-state index in [1.54, 1.807) is 36.4 Å². The normalized spacial score (nSPS) is 11.7. The summed E-state index contributed by atoms with van der Waals surface area (Å²) >= 11 is 0. The van der Waals surface area contributed by atoms with Crippen LogP contribution in [-0.2, 0) is 25.6 Å². The van der Waals surface area contributed by atoms with Gasteiger partial charge in [-0.25, -0.2) is 16.8 Å². The summed E-state index contributed by atoms with van der Waals surface area (Å²) in [5, 5.41) is 1.02. The number of anilines is 1. The highest BCUT2D eigenvalue weighted by Gasteiger charge is 2.22. The van der Waals surface area contributed by atoms with Crippen LogP contribution in [0.15, 0.2) is 64.9 Å². The minimum Gasteiger partial charge on any atom is -0.497 e. The van der Waals surface area contributed by atoms with Gasteiger partial charge in [-0.15, -0.1) is 0 Å². The Morgan fingerprint density at radius 3 is 1.79 bits per heavy atom. The van der Waals surface area contributed by atoms with E-state index in [2.05, 4.69) is 4.72 Å². The number of hydrogen-bond donors (Lipinski definition) is 1. The first kappa shape index (κ1) is 28.7. The van der Waals surface area contributed by atoms with E-state index in [0.717, 1.165) is 5.41 Å². The lowest BCUT2D eigenvalue weighted by molar-refractivity contribution is 0.374. The van der Waals surface area contributed by atoms with Gasteiger partial charge in [0, 0.05) is 23.2 Å². The molecule has 0 unspecified atom stereocenters. The van der Waals surface area contributed by atoms with Crippen LogP contribution in [0.5, 0.6) is 28.7 Å². The molecule has 0 aliphatic rings. The van der Waals surface area contributed by atoms with Gasteiger partial charge >= 0.3 is 0 Å². The molecule has 0 aliphatic carbocycles. The molecule has 0 aliphatic heterocycles. The van der Waals surface area contributed by atoms with Crippen LogP contribution in [0.4, 0.5) is 5.69 Å². The van der Waals surface area contributed by atoms with E-state index in [1.165, 1.54) is 59.8 Å². The fourth-order valence-electron chi connectivity index (χ4n) is 3.54. The van der Waals surface area contributed by atoms with Crippen LogP contribution in [0.3, 0.4) is 0 Å². The van der Waals surface area contributed by atoms with Crippen LogP contribution in [0.1, 0.15) is 11.1 Å². The van der Waals surface area contributed by atoms with Crippen molar-refractivity contribution >= 4 is 31.6 Å². The van der Waals surface area contributed by atoms with E-state index in [0.29, 0.717) is 34.2 Å². The minimum absolute atomic E-state index is 0.0652.